The number of hydrogen-bond acceptors (Lipinski definition) is 8. The second-order valence-corrected chi connectivity index (χ2v) is 14.6. The number of carbonyl (C=O) groups excluding carboxylic acids is 2. The fourth-order valence-electron chi connectivity index (χ4n) is 8.16. The fourth-order valence-corrected chi connectivity index (χ4v) is 11.3. The normalized spacial score (nSPS) is 27.7. The molecule has 1 aromatic heterocycles. The molecule has 0 radical (unpaired) electrons. The lowest BCUT2D eigenvalue weighted by molar-refractivity contribution is -0.123. The van der Waals surface area contributed by atoms with Gasteiger partial charge in [0.05, 0.1) is 36.8 Å². The van der Waals surface area contributed by atoms with Crippen molar-refractivity contribution in [2.45, 2.75) is 29.2 Å². The van der Waals surface area contributed by atoms with Crippen molar-refractivity contribution in [3.63, 3.8) is 0 Å². The van der Waals surface area contributed by atoms with Crippen LogP contribution in [0, 0.1) is 29.6 Å². The van der Waals surface area contributed by atoms with Crippen molar-refractivity contribution in [1.82, 2.24) is 4.98 Å². The predicted octanol–water partition coefficient (Wildman–Crippen LogP) is 6.36. The summed E-state index contributed by atoms with van der Waals surface area (Å²) >= 11 is 9.06. The van der Waals surface area contributed by atoms with Crippen LogP contribution >= 0.6 is 34.7 Å². The van der Waals surface area contributed by atoms with Gasteiger partial charge in [-0.25, -0.2) is 0 Å². The third kappa shape index (κ3) is 4.52. The molecule has 2 aliphatic carbocycles. The van der Waals surface area contributed by atoms with E-state index in [0.29, 0.717) is 34.6 Å². The molecule has 2 saturated carbocycles. The topological polar surface area (TPSA) is 97.9 Å². The van der Waals surface area contributed by atoms with Crippen molar-refractivity contribution in [2.75, 3.05) is 19.1 Å². The molecule has 11 heteroatoms. The molecule has 7 atom stereocenters. The molecule has 2 amide bonds. The number of hydrogen-bond donors (Lipinski definition) is 1. The lowest BCUT2D eigenvalue weighted by atomic mass is 9.68. The van der Waals surface area contributed by atoms with Crippen LogP contribution in [0.2, 0.25) is 5.02 Å². The number of thioether (sulfide) groups is 1. The van der Waals surface area contributed by atoms with Crippen molar-refractivity contribution in [1.29, 1.82) is 0 Å². The first-order valence-electron chi connectivity index (χ1n) is 14.8. The largest absolute Gasteiger partial charge is 0.497 e. The van der Waals surface area contributed by atoms with E-state index in [2.05, 4.69) is 4.98 Å². The Balaban J connectivity index is 1.14. The molecule has 4 aromatic rings. The summed E-state index contributed by atoms with van der Waals surface area (Å²) in [5.74, 6) is 0.878. The highest BCUT2D eigenvalue weighted by Gasteiger charge is 2.69. The van der Waals surface area contributed by atoms with Gasteiger partial charge in [-0.1, -0.05) is 41.1 Å². The van der Waals surface area contributed by atoms with Gasteiger partial charge in [-0.05, 0) is 83.8 Å². The molecular weight excluding hydrogens is 632 g/mol. The first-order valence-corrected chi connectivity index (χ1v) is 16.9. The van der Waals surface area contributed by atoms with Gasteiger partial charge >= 0.3 is 4.87 Å². The molecule has 2 bridgehead atoms. The van der Waals surface area contributed by atoms with Crippen LogP contribution in [0.3, 0.4) is 0 Å². The van der Waals surface area contributed by atoms with Crippen molar-refractivity contribution in [3.8, 4) is 17.2 Å². The number of nitrogens with one attached hydrogen (secondary N) is 1. The molecule has 2 aliphatic heterocycles. The SMILES string of the molecule is COc1ccc(N2C(=O)C3C(C2=O)[C@@H]2C[C@H]3C3Sc4[nH]c(=O)sc4C(c4ccc(OCc5cccc(Cl)c5)c(OC)c4)C32)cc1. The molecule has 8 rings (SSSR count). The highest BCUT2D eigenvalue weighted by Crippen LogP contribution is 2.68. The number of aromatic nitrogens is 1. The molecule has 1 saturated heterocycles. The maximum absolute atomic E-state index is 14.0. The Hall–Kier alpha value is -3.73. The maximum atomic E-state index is 14.0. The molecule has 1 N–H and O–H groups in total. The Morgan fingerprint density at radius 3 is 2.42 bits per heavy atom. The molecule has 3 fully saturated rings. The molecule has 45 heavy (non-hydrogen) atoms. The summed E-state index contributed by atoms with van der Waals surface area (Å²) in [4.78, 5) is 45.9. The van der Waals surface area contributed by atoms with E-state index in [1.807, 2.05) is 42.5 Å². The second-order valence-electron chi connectivity index (χ2n) is 12.0. The average molecular weight is 661 g/mol. The number of halogens is 1. The number of fused-ring (bicyclic) bond motifs is 9. The van der Waals surface area contributed by atoms with E-state index >= 15 is 0 Å². The van der Waals surface area contributed by atoms with Crippen LogP contribution < -0.4 is 24.0 Å². The summed E-state index contributed by atoms with van der Waals surface area (Å²) in [7, 11) is 3.20. The van der Waals surface area contributed by atoms with E-state index in [4.69, 9.17) is 25.8 Å². The minimum absolute atomic E-state index is 0.0114. The van der Waals surface area contributed by atoms with Crippen molar-refractivity contribution >= 4 is 52.2 Å². The van der Waals surface area contributed by atoms with Gasteiger partial charge in [0.15, 0.2) is 11.5 Å². The van der Waals surface area contributed by atoms with Crippen LogP contribution in [0.15, 0.2) is 76.6 Å². The van der Waals surface area contributed by atoms with Gasteiger partial charge in [-0.3, -0.25) is 19.3 Å². The molecule has 5 unspecified atom stereocenters. The summed E-state index contributed by atoms with van der Waals surface area (Å²) in [6.45, 7) is 0.332. The smallest absolute Gasteiger partial charge is 0.305 e. The maximum Gasteiger partial charge on any atom is 0.305 e. The van der Waals surface area contributed by atoms with Crippen LogP contribution in [-0.4, -0.2) is 36.3 Å². The van der Waals surface area contributed by atoms with Crippen molar-refractivity contribution in [2.24, 2.45) is 29.6 Å². The second kappa shape index (κ2) is 11.0. The van der Waals surface area contributed by atoms with Gasteiger partial charge in [0.25, 0.3) is 0 Å². The van der Waals surface area contributed by atoms with Crippen LogP contribution in [0.5, 0.6) is 17.2 Å². The average Bonchev–Trinajstić information content (AvgIpc) is 3.79. The Morgan fingerprint density at radius 1 is 0.911 bits per heavy atom. The van der Waals surface area contributed by atoms with Crippen LogP contribution in [0.1, 0.15) is 28.3 Å². The van der Waals surface area contributed by atoms with E-state index in [9.17, 15) is 14.4 Å². The zero-order chi connectivity index (χ0) is 31.0. The number of H-pyrrole nitrogens is 1. The number of nitrogens with zero attached hydrogens (tertiary/aromatic N) is 1. The number of carbonyl (C=O) groups is 2. The standard InChI is InChI=1S/C34H29ClN2O6S2/c1-41-20-9-7-19(8-10-20)37-32(38)27-21-14-22(28(27)33(37)39)29-26(21)25(30-31(44-29)36-34(40)45-30)17-6-11-23(24(13-17)42-2)43-15-16-4-3-5-18(35)12-16/h3-13,21-22,25-29H,14-15H2,1-2H3,(H,36,40)/t21-,22-,25?,26?,27?,28?,29?/m1/s1. The van der Waals surface area contributed by atoms with E-state index in [1.54, 1.807) is 50.2 Å². The van der Waals surface area contributed by atoms with Gasteiger partial charge in [0.2, 0.25) is 11.8 Å². The van der Waals surface area contributed by atoms with E-state index in [-0.39, 0.29) is 57.4 Å². The van der Waals surface area contributed by atoms with E-state index in [0.717, 1.165) is 27.5 Å². The summed E-state index contributed by atoms with van der Waals surface area (Å²) in [6.07, 6.45) is 0.819. The molecule has 8 nitrogen and oxygen atoms in total. The molecule has 3 aromatic carbocycles. The minimum atomic E-state index is -0.381. The molecule has 3 heterocycles. The Morgan fingerprint density at radius 2 is 1.69 bits per heavy atom. The van der Waals surface area contributed by atoms with Crippen molar-refractivity contribution < 1.29 is 23.8 Å². The van der Waals surface area contributed by atoms with Crippen LogP contribution in [0.4, 0.5) is 5.69 Å². The summed E-state index contributed by atoms with van der Waals surface area (Å²) in [5.41, 5.74) is 2.52. The van der Waals surface area contributed by atoms with Gasteiger partial charge in [0.1, 0.15) is 12.4 Å². The number of rotatable bonds is 7. The molecule has 230 valence electrons. The number of thiazole rings is 1. The zero-order valence-electron chi connectivity index (χ0n) is 24.4. The van der Waals surface area contributed by atoms with Crippen molar-refractivity contribution in [3.05, 3.63) is 97.4 Å². The highest BCUT2D eigenvalue weighted by atomic mass is 35.5. The van der Waals surface area contributed by atoms with Crippen LogP contribution in [-0.2, 0) is 16.2 Å². The lowest BCUT2D eigenvalue weighted by Crippen LogP contribution is -2.42. The van der Waals surface area contributed by atoms with Gasteiger partial charge in [-0.2, -0.15) is 0 Å². The first kappa shape index (κ1) is 28.7. The highest BCUT2D eigenvalue weighted by molar-refractivity contribution is 8.00. The summed E-state index contributed by atoms with van der Waals surface area (Å²) < 4.78 is 17.2. The minimum Gasteiger partial charge on any atom is -0.497 e. The summed E-state index contributed by atoms with van der Waals surface area (Å²) in [5, 5.41) is 1.60. The number of anilines is 1. The predicted molar refractivity (Wildman–Crippen MR) is 173 cm³/mol. The number of imide groups is 1. The summed E-state index contributed by atoms with van der Waals surface area (Å²) in [6, 6.07) is 20.6. The quantitative estimate of drug-likeness (QED) is 0.230. The Bertz CT molecular complexity index is 1890. The van der Waals surface area contributed by atoms with E-state index < -0.39 is 0 Å². The van der Waals surface area contributed by atoms with Gasteiger partial charge in [-0.15, -0.1) is 11.8 Å². The first-order chi connectivity index (χ1) is 21.9. The number of aromatic amines is 1. The lowest BCUT2D eigenvalue weighted by Gasteiger charge is -2.43. The third-order valence-corrected chi connectivity index (χ3v) is 12.7. The Kier molecular flexibility index (Phi) is 7.00. The molecule has 4 aliphatic rings. The van der Waals surface area contributed by atoms with Gasteiger partial charge in [0, 0.05) is 21.1 Å². The number of benzene rings is 3. The van der Waals surface area contributed by atoms with E-state index in [1.165, 1.54) is 16.2 Å². The van der Waals surface area contributed by atoms with Crippen LogP contribution in [0.25, 0.3) is 0 Å². The molecular formula is C34H29ClN2O6S2. The van der Waals surface area contributed by atoms with Gasteiger partial charge < -0.3 is 19.2 Å². The third-order valence-electron chi connectivity index (χ3n) is 9.88. The number of ether oxygens (including phenoxy) is 3. The molecule has 0 spiro atoms. The monoisotopic (exact) mass is 660 g/mol. The zero-order valence-corrected chi connectivity index (χ0v) is 26.8. The fraction of sp³-hybridized carbons (Fsp3) is 0.324. The number of methoxy groups -OCH3 is 2. The number of amides is 2. The Labute approximate surface area is 272 Å².